The number of aliphatic carboxylic acids is 1. The molecule has 0 aromatic heterocycles. The number of aliphatic hydroxyl groups excluding tert-OH is 1. The van der Waals surface area contributed by atoms with Gasteiger partial charge in [-0.15, -0.1) is 0 Å². The highest BCUT2D eigenvalue weighted by Crippen LogP contribution is 2.05. The Bertz CT molecular complexity index is 525. The van der Waals surface area contributed by atoms with E-state index in [0.717, 1.165) is 0 Å². The van der Waals surface area contributed by atoms with Crippen LogP contribution in [0.5, 0.6) is 0 Å². The minimum atomic E-state index is -1.49. The van der Waals surface area contributed by atoms with Gasteiger partial charge in [0, 0.05) is 0 Å². The summed E-state index contributed by atoms with van der Waals surface area (Å²) in [5, 5.41) is 25.3. The van der Waals surface area contributed by atoms with Gasteiger partial charge in [-0.05, 0) is 26.7 Å². The molecule has 0 aromatic carbocycles. The molecular weight excluding hydrogens is 344 g/mol. The number of hydrogen-bond donors (Lipinski definition) is 6. The molecule has 0 aliphatic carbocycles. The summed E-state index contributed by atoms with van der Waals surface area (Å²) in [5.74, 6) is -3.32. The summed E-state index contributed by atoms with van der Waals surface area (Å²) in [7, 11) is 0. The molecule has 0 bridgehead atoms. The number of aliphatic hydroxyl groups is 1. The molecule has 150 valence electrons. The van der Waals surface area contributed by atoms with E-state index >= 15 is 0 Å². The number of nitrogens with two attached hydrogens (primary N) is 1. The minimum absolute atomic E-state index is 0.0524. The molecule has 6 unspecified atom stereocenters. The molecule has 0 spiro atoms. The maximum atomic E-state index is 12.1. The zero-order valence-electron chi connectivity index (χ0n) is 15.8. The number of carbonyl (C=O) groups excluding carboxylic acids is 3. The van der Waals surface area contributed by atoms with Crippen molar-refractivity contribution in [3.63, 3.8) is 0 Å². The van der Waals surface area contributed by atoms with Gasteiger partial charge in [0.2, 0.25) is 17.7 Å². The Morgan fingerprint density at radius 3 is 1.69 bits per heavy atom. The van der Waals surface area contributed by atoms with Crippen molar-refractivity contribution < 1.29 is 29.4 Å². The van der Waals surface area contributed by atoms with E-state index in [4.69, 9.17) is 10.8 Å². The number of carboxylic acids is 1. The summed E-state index contributed by atoms with van der Waals surface area (Å²) in [6, 6.07) is -4.24. The van der Waals surface area contributed by atoms with Gasteiger partial charge in [-0.2, -0.15) is 0 Å². The zero-order valence-corrected chi connectivity index (χ0v) is 15.8. The Labute approximate surface area is 152 Å². The molecule has 0 saturated carbocycles. The molecule has 0 radical (unpaired) electrons. The van der Waals surface area contributed by atoms with Gasteiger partial charge in [-0.1, -0.05) is 20.3 Å². The van der Waals surface area contributed by atoms with Gasteiger partial charge in [-0.3, -0.25) is 14.4 Å². The lowest BCUT2D eigenvalue weighted by Gasteiger charge is -2.23. The van der Waals surface area contributed by atoms with Crippen LogP contribution < -0.4 is 21.7 Å². The fourth-order valence-corrected chi connectivity index (χ4v) is 1.96. The van der Waals surface area contributed by atoms with E-state index in [2.05, 4.69) is 16.0 Å². The standard InChI is InChI=1S/C16H30N4O6/c1-6-7(2)11(17)15(24)19-8(3)13(22)18-9(4)14(23)20-12(10(5)21)16(25)26/h7-12,21H,6,17H2,1-5H3,(H,18,22)(H,19,24)(H,20,23)(H,25,26). The Morgan fingerprint density at radius 2 is 1.31 bits per heavy atom. The predicted octanol–water partition coefficient (Wildman–Crippen LogP) is -1.68. The molecule has 26 heavy (non-hydrogen) atoms. The molecule has 0 aliphatic heterocycles. The summed E-state index contributed by atoms with van der Waals surface area (Å²) in [6.07, 6.45) is -0.597. The Balaban J connectivity index is 4.67. The lowest BCUT2D eigenvalue weighted by molar-refractivity contribution is -0.145. The highest BCUT2D eigenvalue weighted by atomic mass is 16.4. The molecule has 0 rings (SSSR count). The quantitative estimate of drug-likeness (QED) is 0.265. The fourth-order valence-electron chi connectivity index (χ4n) is 1.96. The fraction of sp³-hybridized carbons (Fsp3) is 0.750. The van der Waals surface area contributed by atoms with Gasteiger partial charge in [-0.25, -0.2) is 4.79 Å². The Hall–Kier alpha value is -2.20. The molecule has 10 heteroatoms. The first-order chi connectivity index (χ1) is 11.9. The Kier molecular flexibility index (Phi) is 9.81. The smallest absolute Gasteiger partial charge is 0.328 e. The Morgan fingerprint density at radius 1 is 0.885 bits per heavy atom. The zero-order chi connectivity index (χ0) is 20.6. The summed E-state index contributed by atoms with van der Waals surface area (Å²) >= 11 is 0. The van der Waals surface area contributed by atoms with Crippen LogP contribution in [0.3, 0.4) is 0 Å². The normalized spacial score (nSPS) is 17.8. The van der Waals surface area contributed by atoms with Crippen LogP contribution in [-0.2, 0) is 19.2 Å². The van der Waals surface area contributed by atoms with E-state index in [9.17, 15) is 24.3 Å². The van der Waals surface area contributed by atoms with Crippen molar-refractivity contribution in [2.75, 3.05) is 0 Å². The summed E-state index contributed by atoms with van der Waals surface area (Å²) in [4.78, 5) is 47.0. The van der Waals surface area contributed by atoms with Crippen molar-refractivity contribution in [1.82, 2.24) is 16.0 Å². The van der Waals surface area contributed by atoms with E-state index < -0.39 is 54.0 Å². The lowest BCUT2D eigenvalue weighted by atomic mass is 9.99. The maximum absolute atomic E-state index is 12.1. The van der Waals surface area contributed by atoms with Crippen molar-refractivity contribution in [3.8, 4) is 0 Å². The second-order valence-electron chi connectivity index (χ2n) is 6.44. The van der Waals surface area contributed by atoms with E-state index in [0.29, 0.717) is 6.42 Å². The summed E-state index contributed by atoms with van der Waals surface area (Å²) in [5.41, 5.74) is 5.79. The topological polar surface area (TPSA) is 171 Å². The highest BCUT2D eigenvalue weighted by Gasteiger charge is 2.29. The van der Waals surface area contributed by atoms with E-state index in [1.807, 2.05) is 13.8 Å². The molecule has 3 amide bonds. The molecule has 0 heterocycles. The highest BCUT2D eigenvalue weighted by molar-refractivity contribution is 5.93. The molecule has 0 saturated heterocycles. The number of amides is 3. The largest absolute Gasteiger partial charge is 0.480 e. The van der Waals surface area contributed by atoms with Gasteiger partial charge in [0.1, 0.15) is 12.1 Å². The number of rotatable bonds is 10. The molecular formula is C16H30N4O6. The minimum Gasteiger partial charge on any atom is -0.480 e. The third-order valence-corrected chi connectivity index (χ3v) is 4.11. The van der Waals surface area contributed by atoms with Crippen LogP contribution in [0, 0.1) is 5.92 Å². The van der Waals surface area contributed by atoms with Crippen LogP contribution in [-0.4, -0.2) is 64.2 Å². The first-order valence-corrected chi connectivity index (χ1v) is 8.49. The van der Waals surface area contributed by atoms with Crippen molar-refractivity contribution in [1.29, 1.82) is 0 Å². The van der Waals surface area contributed by atoms with Crippen molar-refractivity contribution >= 4 is 23.7 Å². The van der Waals surface area contributed by atoms with Crippen LogP contribution in [0.25, 0.3) is 0 Å². The molecule has 7 N–H and O–H groups in total. The average Bonchev–Trinajstić information content (AvgIpc) is 2.56. The third kappa shape index (κ3) is 7.36. The molecule has 10 nitrogen and oxygen atoms in total. The SMILES string of the molecule is CCC(C)C(N)C(=O)NC(C)C(=O)NC(C)C(=O)NC(C(=O)O)C(C)O. The van der Waals surface area contributed by atoms with Crippen molar-refractivity contribution in [3.05, 3.63) is 0 Å². The van der Waals surface area contributed by atoms with Gasteiger partial charge >= 0.3 is 5.97 Å². The molecule has 6 atom stereocenters. The summed E-state index contributed by atoms with van der Waals surface area (Å²) in [6.45, 7) is 7.74. The predicted molar refractivity (Wildman–Crippen MR) is 93.9 cm³/mol. The number of nitrogens with one attached hydrogen (secondary N) is 3. The van der Waals surface area contributed by atoms with E-state index in [1.165, 1.54) is 20.8 Å². The molecule has 0 fully saturated rings. The van der Waals surface area contributed by atoms with Gasteiger partial charge in [0.25, 0.3) is 0 Å². The number of hydrogen-bond acceptors (Lipinski definition) is 6. The number of carboxylic acid groups (broad SMARTS) is 1. The van der Waals surface area contributed by atoms with Crippen LogP contribution in [0.2, 0.25) is 0 Å². The lowest BCUT2D eigenvalue weighted by Crippen LogP contribution is -2.57. The first-order valence-electron chi connectivity index (χ1n) is 8.49. The van der Waals surface area contributed by atoms with Crippen LogP contribution >= 0.6 is 0 Å². The molecule has 0 aliphatic rings. The monoisotopic (exact) mass is 374 g/mol. The van der Waals surface area contributed by atoms with Crippen molar-refractivity contribution in [2.24, 2.45) is 11.7 Å². The maximum Gasteiger partial charge on any atom is 0.328 e. The van der Waals surface area contributed by atoms with Crippen molar-refractivity contribution in [2.45, 2.75) is 71.3 Å². The molecule has 0 aromatic rings. The van der Waals surface area contributed by atoms with Gasteiger partial charge in [0.15, 0.2) is 6.04 Å². The van der Waals surface area contributed by atoms with E-state index in [-0.39, 0.29) is 5.92 Å². The van der Waals surface area contributed by atoms with Crippen LogP contribution in [0.15, 0.2) is 0 Å². The van der Waals surface area contributed by atoms with Crippen LogP contribution in [0.1, 0.15) is 41.0 Å². The van der Waals surface area contributed by atoms with Gasteiger partial charge in [0.05, 0.1) is 12.1 Å². The second kappa shape index (κ2) is 10.7. The first kappa shape index (κ1) is 23.8. The second-order valence-corrected chi connectivity index (χ2v) is 6.44. The summed E-state index contributed by atoms with van der Waals surface area (Å²) < 4.78 is 0. The average molecular weight is 374 g/mol. The van der Waals surface area contributed by atoms with Crippen LogP contribution in [0.4, 0.5) is 0 Å². The van der Waals surface area contributed by atoms with E-state index in [1.54, 1.807) is 0 Å². The third-order valence-electron chi connectivity index (χ3n) is 4.11. The van der Waals surface area contributed by atoms with Gasteiger partial charge < -0.3 is 31.9 Å². The number of carbonyl (C=O) groups is 4.